The third kappa shape index (κ3) is 2.86. The molecule has 4 atom stereocenters. The molecule has 104 valence electrons. The van der Waals surface area contributed by atoms with Gasteiger partial charge in [0.2, 0.25) is 5.91 Å². The smallest absolute Gasteiger partial charge is 0.225 e. The van der Waals surface area contributed by atoms with Crippen LogP contribution >= 0.6 is 0 Å². The van der Waals surface area contributed by atoms with E-state index in [2.05, 4.69) is 24.5 Å². The van der Waals surface area contributed by atoms with Crippen LogP contribution in [0.5, 0.6) is 0 Å². The van der Waals surface area contributed by atoms with Crippen LogP contribution in [-0.2, 0) is 4.79 Å². The molecule has 1 aliphatic heterocycles. The number of hydrogen-bond acceptors (Lipinski definition) is 3. The maximum absolute atomic E-state index is 12.3. The van der Waals surface area contributed by atoms with E-state index >= 15 is 0 Å². The largest absolute Gasteiger partial charge is 0.394 e. The van der Waals surface area contributed by atoms with Crippen molar-refractivity contribution in [1.29, 1.82) is 0 Å². The van der Waals surface area contributed by atoms with Crippen molar-refractivity contribution >= 4 is 5.91 Å². The normalized spacial score (nSPS) is 40.7. The number of hydrogen-bond donors (Lipinski definition) is 3. The van der Waals surface area contributed by atoms with Gasteiger partial charge in [-0.15, -0.1) is 0 Å². The Kier molecular flexibility index (Phi) is 4.28. The highest BCUT2D eigenvalue weighted by Crippen LogP contribution is 2.32. The first kappa shape index (κ1) is 13.8. The minimum atomic E-state index is -0.364. The quantitative estimate of drug-likeness (QED) is 0.701. The average molecular weight is 254 g/mol. The van der Waals surface area contributed by atoms with Gasteiger partial charge in [0.25, 0.3) is 0 Å². The summed E-state index contributed by atoms with van der Waals surface area (Å²) in [5, 5.41) is 16.1. The van der Waals surface area contributed by atoms with E-state index < -0.39 is 0 Å². The molecular formula is C14H26N2O2. The minimum Gasteiger partial charge on any atom is -0.394 e. The Labute approximate surface area is 110 Å². The van der Waals surface area contributed by atoms with E-state index in [1.54, 1.807) is 0 Å². The van der Waals surface area contributed by atoms with Gasteiger partial charge in [-0.2, -0.15) is 0 Å². The lowest BCUT2D eigenvalue weighted by Gasteiger charge is -2.40. The Morgan fingerprint density at radius 2 is 2.22 bits per heavy atom. The standard InChI is InChI=1S/C14H26N2O2/c1-10-4-3-5-14(6-10,9-17)16-13(18)12-8-15-7-11(12)2/h10-12,15,17H,3-9H2,1-2H3,(H,16,18)/t10?,11-,12-,14?/m1/s1. The second-order valence-electron chi connectivity index (χ2n) is 6.37. The van der Waals surface area contributed by atoms with Crippen LogP contribution in [0.15, 0.2) is 0 Å². The van der Waals surface area contributed by atoms with Gasteiger partial charge >= 0.3 is 0 Å². The number of carbonyl (C=O) groups excluding carboxylic acids is 1. The third-order valence-electron chi connectivity index (χ3n) is 4.64. The van der Waals surface area contributed by atoms with Crippen molar-refractivity contribution in [2.75, 3.05) is 19.7 Å². The number of aliphatic hydroxyl groups is 1. The van der Waals surface area contributed by atoms with Crippen molar-refractivity contribution in [3.05, 3.63) is 0 Å². The Hall–Kier alpha value is -0.610. The van der Waals surface area contributed by atoms with Gasteiger partial charge in [0.15, 0.2) is 0 Å². The second kappa shape index (κ2) is 5.57. The number of aliphatic hydroxyl groups excluding tert-OH is 1. The second-order valence-corrected chi connectivity index (χ2v) is 6.37. The zero-order valence-electron chi connectivity index (χ0n) is 11.5. The summed E-state index contributed by atoms with van der Waals surface area (Å²) in [6.07, 6.45) is 4.12. The Morgan fingerprint density at radius 1 is 1.44 bits per heavy atom. The van der Waals surface area contributed by atoms with Gasteiger partial charge < -0.3 is 15.7 Å². The first-order chi connectivity index (χ1) is 8.56. The molecule has 1 saturated heterocycles. The fraction of sp³-hybridized carbons (Fsp3) is 0.929. The average Bonchev–Trinajstić information content (AvgIpc) is 2.75. The monoisotopic (exact) mass is 254 g/mol. The van der Waals surface area contributed by atoms with E-state index in [4.69, 9.17) is 0 Å². The third-order valence-corrected chi connectivity index (χ3v) is 4.64. The molecule has 18 heavy (non-hydrogen) atoms. The zero-order valence-corrected chi connectivity index (χ0v) is 11.5. The van der Waals surface area contributed by atoms with E-state index in [1.165, 1.54) is 6.42 Å². The summed E-state index contributed by atoms with van der Waals surface area (Å²) >= 11 is 0. The van der Waals surface area contributed by atoms with Crippen molar-refractivity contribution in [3.8, 4) is 0 Å². The van der Waals surface area contributed by atoms with Crippen molar-refractivity contribution in [2.45, 2.75) is 45.1 Å². The fourth-order valence-corrected chi connectivity index (χ4v) is 3.47. The number of nitrogens with one attached hydrogen (secondary N) is 2. The van der Waals surface area contributed by atoms with Gasteiger partial charge in [-0.05, 0) is 31.2 Å². The van der Waals surface area contributed by atoms with E-state index in [9.17, 15) is 9.90 Å². The van der Waals surface area contributed by atoms with Crippen LogP contribution < -0.4 is 10.6 Å². The molecule has 0 bridgehead atoms. The lowest BCUT2D eigenvalue weighted by atomic mass is 9.76. The van der Waals surface area contributed by atoms with Gasteiger partial charge in [0.1, 0.15) is 0 Å². The molecule has 1 saturated carbocycles. The molecule has 0 spiro atoms. The van der Waals surface area contributed by atoms with Gasteiger partial charge in [-0.3, -0.25) is 4.79 Å². The van der Waals surface area contributed by atoms with Gasteiger partial charge in [0, 0.05) is 6.54 Å². The predicted octanol–water partition coefficient (Wildman–Crippen LogP) is 0.899. The minimum absolute atomic E-state index is 0.0608. The summed E-state index contributed by atoms with van der Waals surface area (Å²) in [6, 6.07) is 0. The van der Waals surface area contributed by atoms with Crippen molar-refractivity contribution in [1.82, 2.24) is 10.6 Å². The van der Waals surface area contributed by atoms with Crippen LogP contribution in [0, 0.1) is 17.8 Å². The molecule has 1 amide bonds. The van der Waals surface area contributed by atoms with Crippen LogP contribution in [0.4, 0.5) is 0 Å². The summed E-state index contributed by atoms with van der Waals surface area (Å²) in [5.74, 6) is 1.16. The van der Waals surface area contributed by atoms with Crippen LogP contribution in [0.2, 0.25) is 0 Å². The van der Waals surface area contributed by atoms with E-state index in [-0.39, 0.29) is 24.0 Å². The molecule has 2 rings (SSSR count). The van der Waals surface area contributed by atoms with E-state index in [0.29, 0.717) is 11.8 Å². The molecule has 0 aromatic heterocycles. The number of amides is 1. The molecule has 0 radical (unpaired) electrons. The van der Waals surface area contributed by atoms with Gasteiger partial charge in [0.05, 0.1) is 18.1 Å². The molecular weight excluding hydrogens is 228 g/mol. The maximum Gasteiger partial charge on any atom is 0.225 e. The van der Waals surface area contributed by atoms with Gasteiger partial charge in [-0.25, -0.2) is 0 Å². The molecule has 4 nitrogen and oxygen atoms in total. The molecule has 4 heteroatoms. The zero-order chi connectivity index (χ0) is 13.2. The lowest BCUT2D eigenvalue weighted by molar-refractivity contribution is -0.128. The molecule has 3 N–H and O–H groups in total. The predicted molar refractivity (Wildman–Crippen MR) is 71.1 cm³/mol. The Morgan fingerprint density at radius 3 is 2.78 bits per heavy atom. The van der Waals surface area contributed by atoms with Crippen molar-refractivity contribution < 1.29 is 9.90 Å². The fourth-order valence-electron chi connectivity index (χ4n) is 3.47. The molecule has 0 aromatic carbocycles. The summed E-state index contributed by atoms with van der Waals surface area (Å²) in [5.41, 5.74) is -0.364. The number of rotatable bonds is 3. The topological polar surface area (TPSA) is 61.4 Å². The summed E-state index contributed by atoms with van der Waals surface area (Å²) < 4.78 is 0. The van der Waals surface area contributed by atoms with Crippen molar-refractivity contribution in [3.63, 3.8) is 0 Å². The molecule has 1 heterocycles. The highest BCUT2D eigenvalue weighted by atomic mass is 16.3. The Bertz CT molecular complexity index is 308. The Balaban J connectivity index is 1.99. The summed E-state index contributed by atoms with van der Waals surface area (Å²) in [6.45, 7) is 6.07. The van der Waals surface area contributed by atoms with Crippen LogP contribution in [0.3, 0.4) is 0 Å². The summed E-state index contributed by atoms with van der Waals surface area (Å²) in [4.78, 5) is 12.3. The lowest BCUT2D eigenvalue weighted by Crippen LogP contribution is -2.56. The number of carbonyl (C=O) groups is 1. The molecule has 2 unspecified atom stereocenters. The van der Waals surface area contributed by atoms with Gasteiger partial charge in [-0.1, -0.05) is 26.7 Å². The highest BCUT2D eigenvalue weighted by Gasteiger charge is 2.39. The van der Waals surface area contributed by atoms with Crippen LogP contribution in [0.25, 0.3) is 0 Å². The van der Waals surface area contributed by atoms with Crippen molar-refractivity contribution in [2.24, 2.45) is 17.8 Å². The highest BCUT2D eigenvalue weighted by molar-refractivity contribution is 5.80. The summed E-state index contributed by atoms with van der Waals surface area (Å²) in [7, 11) is 0. The SMILES string of the molecule is CC1CCCC(CO)(NC(=O)[C@@H]2CNC[C@H]2C)C1. The van der Waals surface area contributed by atoms with Crippen LogP contribution in [-0.4, -0.2) is 36.2 Å². The first-order valence-corrected chi connectivity index (χ1v) is 7.20. The van der Waals surface area contributed by atoms with Crippen LogP contribution in [0.1, 0.15) is 39.5 Å². The molecule has 1 aliphatic carbocycles. The van der Waals surface area contributed by atoms with E-state index in [1.807, 2.05) is 0 Å². The maximum atomic E-state index is 12.3. The molecule has 2 fully saturated rings. The molecule has 2 aliphatic rings. The first-order valence-electron chi connectivity index (χ1n) is 7.20. The molecule has 0 aromatic rings. The van der Waals surface area contributed by atoms with E-state index in [0.717, 1.165) is 32.4 Å².